The third-order valence-corrected chi connectivity index (χ3v) is 6.15. The van der Waals surface area contributed by atoms with Crippen molar-refractivity contribution in [2.75, 3.05) is 0 Å². The molecule has 1 aliphatic rings. The molecule has 0 bridgehead atoms. The molecule has 0 N–H and O–H groups in total. The lowest BCUT2D eigenvalue weighted by molar-refractivity contribution is 0.0815. The Balaban J connectivity index is 2.00. The third-order valence-electron chi connectivity index (χ3n) is 4.26. The number of hydrogen-bond acceptors (Lipinski definition) is 5. The van der Waals surface area contributed by atoms with Gasteiger partial charge in [-0.25, -0.2) is 0 Å². The molecule has 0 spiro atoms. The highest BCUT2D eigenvalue weighted by Gasteiger charge is 2.37. The summed E-state index contributed by atoms with van der Waals surface area (Å²) < 4.78 is 26.7. The zero-order valence-electron chi connectivity index (χ0n) is 13.4. The molecular weight excluding hydrogens is 376 g/mol. The maximum absolute atomic E-state index is 13.0. The number of halogens is 1. The highest BCUT2D eigenvalue weighted by Crippen LogP contribution is 2.35. The van der Waals surface area contributed by atoms with Crippen LogP contribution in [0.4, 0.5) is 0 Å². The first-order valence-corrected chi connectivity index (χ1v) is 9.43. The van der Waals surface area contributed by atoms with Gasteiger partial charge >= 0.3 is 0 Å². The Bertz CT molecular complexity index is 1210. The molecule has 3 aromatic rings. The van der Waals surface area contributed by atoms with Crippen molar-refractivity contribution in [3.63, 3.8) is 0 Å². The summed E-state index contributed by atoms with van der Waals surface area (Å²) in [7, 11) is -4.07. The van der Waals surface area contributed by atoms with E-state index in [0.29, 0.717) is 5.56 Å². The van der Waals surface area contributed by atoms with Gasteiger partial charge in [0.15, 0.2) is 0 Å². The van der Waals surface area contributed by atoms with Crippen LogP contribution in [0.25, 0.3) is 11.3 Å². The van der Waals surface area contributed by atoms with Crippen LogP contribution in [0.5, 0.6) is 0 Å². The normalized spacial score (nSPS) is 13.5. The maximum Gasteiger partial charge on any atom is 0.283 e. The molecule has 0 fully saturated rings. The van der Waals surface area contributed by atoms with Crippen molar-refractivity contribution in [3.05, 3.63) is 70.4 Å². The van der Waals surface area contributed by atoms with Crippen LogP contribution < -0.4 is 0 Å². The van der Waals surface area contributed by atoms with E-state index >= 15 is 0 Å². The van der Waals surface area contributed by atoms with E-state index in [1.165, 1.54) is 31.2 Å². The van der Waals surface area contributed by atoms with Gasteiger partial charge < -0.3 is 0 Å². The highest BCUT2D eigenvalue weighted by atomic mass is 35.5. The predicted molar refractivity (Wildman–Crippen MR) is 95.1 cm³/mol. The second-order valence-corrected chi connectivity index (χ2v) is 8.02. The van der Waals surface area contributed by atoms with Gasteiger partial charge in [0, 0.05) is 16.1 Å². The van der Waals surface area contributed by atoms with E-state index in [4.69, 9.17) is 11.6 Å². The quantitative estimate of drug-likeness (QED) is 0.631. The molecule has 1 aromatic heterocycles. The van der Waals surface area contributed by atoms with E-state index in [-0.39, 0.29) is 32.4 Å². The second kappa shape index (κ2) is 5.62. The Morgan fingerprint density at radius 1 is 0.962 bits per heavy atom. The molecule has 0 saturated carbocycles. The van der Waals surface area contributed by atoms with Gasteiger partial charge in [-0.1, -0.05) is 41.9 Å². The molecule has 26 heavy (non-hydrogen) atoms. The molecule has 0 radical (unpaired) electrons. The van der Waals surface area contributed by atoms with Crippen LogP contribution in [0.1, 0.15) is 26.4 Å². The van der Waals surface area contributed by atoms with Crippen LogP contribution in [0.15, 0.2) is 53.4 Å². The van der Waals surface area contributed by atoms with E-state index in [0.717, 1.165) is 4.09 Å². The van der Waals surface area contributed by atoms with Crippen LogP contribution in [0.3, 0.4) is 0 Å². The van der Waals surface area contributed by atoms with Crippen molar-refractivity contribution < 1.29 is 18.0 Å². The number of carbonyl (C=O) groups is 2. The summed E-state index contributed by atoms with van der Waals surface area (Å²) in [5, 5.41) is 4.43. The lowest BCUT2D eigenvalue weighted by Gasteiger charge is -2.12. The van der Waals surface area contributed by atoms with Gasteiger partial charge in [0.25, 0.3) is 10.0 Å². The fraction of sp³-hybridized carbons (Fsp3) is 0.0556. The summed E-state index contributed by atoms with van der Waals surface area (Å²) >= 11 is 5.90. The molecule has 0 atom stereocenters. The molecule has 1 heterocycles. The molecule has 8 heteroatoms. The smallest absolute Gasteiger partial charge is 0.283 e. The van der Waals surface area contributed by atoms with Gasteiger partial charge in [0.1, 0.15) is 5.69 Å². The van der Waals surface area contributed by atoms with Crippen molar-refractivity contribution in [2.24, 2.45) is 0 Å². The first-order valence-electron chi connectivity index (χ1n) is 7.61. The molecule has 2 aromatic carbocycles. The Morgan fingerprint density at radius 2 is 1.65 bits per heavy atom. The van der Waals surface area contributed by atoms with Gasteiger partial charge in [-0.3, -0.25) is 9.59 Å². The third kappa shape index (κ3) is 2.24. The van der Waals surface area contributed by atoms with Crippen molar-refractivity contribution in [1.29, 1.82) is 0 Å². The predicted octanol–water partition coefficient (Wildman–Crippen LogP) is 3.13. The minimum absolute atomic E-state index is 0.0132. The van der Waals surface area contributed by atoms with Crippen LogP contribution in [-0.4, -0.2) is 29.2 Å². The lowest BCUT2D eigenvalue weighted by Crippen LogP contribution is -2.21. The molecular formula is C18H11ClN2O4S. The van der Waals surface area contributed by atoms with Crippen molar-refractivity contribution >= 4 is 33.2 Å². The maximum atomic E-state index is 13.0. The fourth-order valence-electron chi connectivity index (χ4n) is 3.03. The summed E-state index contributed by atoms with van der Waals surface area (Å²) in [6, 6.07) is 12.3. The second-order valence-electron chi connectivity index (χ2n) is 5.82. The monoisotopic (exact) mass is 386 g/mol. The van der Waals surface area contributed by atoms with Crippen LogP contribution >= 0.6 is 11.6 Å². The first-order chi connectivity index (χ1) is 12.3. The summed E-state index contributed by atoms with van der Waals surface area (Å²) in [5.41, 5.74) is 0.950. The van der Waals surface area contributed by atoms with Gasteiger partial charge in [-0.2, -0.15) is 17.6 Å². The Hall–Kier alpha value is -2.77. The molecule has 6 nitrogen and oxygen atoms in total. The minimum atomic E-state index is -4.07. The molecule has 4 rings (SSSR count). The van der Waals surface area contributed by atoms with E-state index in [9.17, 15) is 18.0 Å². The zero-order chi connectivity index (χ0) is 18.6. The van der Waals surface area contributed by atoms with Crippen molar-refractivity contribution in [3.8, 4) is 11.3 Å². The van der Waals surface area contributed by atoms with Crippen LogP contribution in [-0.2, 0) is 10.0 Å². The van der Waals surface area contributed by atoms with Gasteiger partial charge in [-0.15, -0.1) is 0 Å². The van der Waals surface area contributed by atoms with Crippen LogP contribution in [0, 0.1) is 6.92 Å². The molecule has 130 valence electrons. The molecule has 0 aliphatic heterocycles. The Morgan fingerprint density at radius 3 is 2.35 bits per heavy atom. The molecule has 1 aliphatic carbocycles. The number of carbonyl (C=O) groups excluding carboxylic acids is 2. The molecule has 0 saturated heterocycles. The summed E-state index contributed by atoms with van der Waals surface area (Å²) in [6.07, 6.45) is 0. The average molecular weight is 387 g/mol. The number of nitrogens with zero attached hydrogens (tertiary/aromatic N) is 2. The SMILES string of the molecule is Cc1c2c(nn1S(=O)(=O)c1cccc(Cl)c1)-c1ccccc1C(=O)C2=O. The lowest BCUT2D eigenvalue weighted by atomic mass is 9.87. The largest absolute Gasteiger partial charge is 0.285 e. The highest BCUT2D eigenvalue weighted by molar-refractivity contribution is 7.89. The number of Topliss-reactive ketones (excluding diaryl/α,β-unsaturated/α-hetero) is 2. The zero-order valence-corrected chi connectivity index (χ0v) is 15.0. The van der Waals surface area contributed by atoms with Crippen molar-refractivity contribution in [1.82, 2.24) is 9.19 Å². The Kier molecular flexibility index (Phi) is 3.61. The summed E-state index contributed by atoms with van der Waals surface area (Å²) in [6.45, 7) is 1.45. The summed E-state index contributed by atoms with van der Waals surface area (Å²) in [4.78, 5) is 24.8. The van der Waals surface area contributed by atoms with Crippen molar-refractivity contribution in [2.45, 2.75) is 11.8 Å². The first kappa shape index (κ1) is 16.7. The number of benzene rings is 2. The van der Waals surface area contributed by atoms with E-state index in [2.05, 4.69) is 5.10 Å². The van der Waals surface area contributed by atoms with E-state index < -0.39 is 21.6 Å². The number of aromatic nitrogens is 2. The topological polar surface area (TPSA) is 86.1 Å². The minimum Gasteiger partial charge on any atom is -0.285 e. The average Bonchev–Trinajstić information content (AvgIpc) is 2.98. The number of hydrogen-bond donors (Lipinski definition) is 0. The standard InChI is InChI=1S/C18H11ClN2O4S/c1-10-15-16(13-7-2-3-8-14(13)17(22)18(15)23)20-21(10)26(24,25)12-6-4-5-11(19)9-12/h2-9H,1H3. The molecule has 0 unspecified atom stereocenters. The summed E-state index contributed by atoms with van der Waals surface area (Å²) in [5.74, 6) is -1.43. The van der Waals surface area contributed by atoms with Gasteiger partial charge in [0.05, 0.1) is 16.2 Å². The fourth-order valence-corrected chi connectivity index (χ4v) is 4.65. The number of rotatable bonds is 2. The van der Waals surface area contributed by atoms with Crippen LogP contribution in [0.2, 0.25) is 5.02 Å². The Labute approximate surface area is 154 Å². The number of ketones is 2. The van der Waals surface area contributed by atoms with Gasteiger partial charge in [-0.05, 0) is 25.1 Å². The van der Waals surface area contributed by atoms with E-state index in [1.807, 2.05) is 0 Å². The molecule has 0 amide bonds. The van der Waals surface area contributed by atoms with Gasteiger partial charge in [0.2, 0.25) is 11.6 Å². The van der Waals surface area contributed by atoms with E-state index in [1.54, 1.807) is 24.3 Å². The number of fused-ring (bicyclic) bond motifs is 3.